The quantitative estimate of drug-likeness (QED) is 0.524. The first-order chi connectivity index (χ1) is 13.7. The Bertz CT molecular complexity index is 1010. The number of hydrogen-bond acceptors (Lipinski definition) is 2. The molecule has 4 nitrogen and oxygen atoms in total. The highest BCUT2D eigenvalue weighted by Gasteiger charge is 2.36. The molecule has 1 aromatic heterocycles. The van der Waals surface area contributed by atoms with Gasteiger partial charge in [-0.2, -0.15) is 18.3 Å². The fourth-order valence-corrected chi connectivity index (χ4v) is 3.03. The summed E-state index contributed by atoms with van der Waals surface area (Å²) in [4.78, 5) is 12.8. The summed E-state index contributed by atoms with van der Waals surface area (Å²) in [7, 11) is 0. The Hall–Kier alpha value is -2.80. The van der Waals surface area contributed by atoms with E-state index in [2.05, 4.69) is 24.3 Å². The van der Waals surface area contributed by atoms with Crippen molar-refractivity contribution in [3.63, 3.8) is 0 Å². The van der Waals surface area contributed by atoms with Gasteiger partial charge in [0.05, 0.1) is 10.7 Å². The number of nitrogens with one attached hydrogen (secondary N) is 1. The summed E-state index contributed by atoms with van der Waals surface area (Å²) in [6, 6.07) is 14.2. The van der Waals surface area contributed by atoms with E-state index in [0.29, 0.717) is 17.7 Å². The van der Waals surface area contributed by atoms with Gasteiger partial charge in [0, 0.05) is 11.8 Å². The summed E-state index contributed by atoms with van der Waals surface area (Å²) in [5, 5.41) is 6.37. The zero-order valence-corrected chi connectivity index (χ0v) is 16.6. The minimum atomic E-state index is -4.69. The Morgan fingerprint density at radius 3 is 2.41 bits per heavy atom. The summed E-state index contributed by atoms with van der Waals surface area (Å²) < 4.78 is 40.5. The van der Waals surface area contributed by atoms with Gasteiger partial charge < -0.3 is 5.32 Å². The first kappa shape index (κ1) is 20.9. The molecule has 0 saturated heterocycles. The van der Waals surface area contributed by atoms with Gasteiger partial charge in [0.25, 0.3) is 5.91 Å². The van der Waals surface area contributed by atoms with E-state index in [1.807, 2.05) is 12.1 Å². The van der Waals surface area contributed by atoms with Crippen molar-refractivity contribution in [2.75, 3.05) is 5.32 Å². The molecule has 1 heterocycles. The average Bonchev–Trinajstić information content (AvgIpc) is 3.14. The molecule has 152 valence electrons. The molecule has 29 heavy (non-hydrogen) atoms. The second-order valence-electron chi connectivity index (χ2n) is 6.66. The molecule has 1 N–H and O–H groups in total. The van der Waals surface area contributed by atoms with E-state index in [1.54, 1.807) is 24.3 Å². The van der Waals surface area contributed by atoms with Crippen LogP contribution < -0.4 is 5.32 Å². The van der Waals surface area contributed by atoms with Crippen molar-refractivity contribution in [1.82, 2.24) is 9.78 Å². The molecule has 2 aromatic carbocycles. The van der Waals surface area contributed by atoms with Crippen LogP contribution in [-0.4, -0.2) is 15.7 Å². The summed E-state index contributed by atoms with van der Waals surface area (Å²) in [5.41, 5.74) is 0.335. The predicted octanol–water partition coefficient (Wildman–Crippen LogP) is 6.31. The van der Waals surface area contributed by atoms with Gasteiger partial charge in [0.2, 0.25) is 0 Å². The number of hydrogen-bond donors (Lipinski definition) is 1. The maximum atomic E-state index is 13.2. The summed E-state index contributed by atoms with van der Waals surface area (Å²) in [5.74, 6) is -0.347. The smallest absolute Gasteiger partial charge is 0.321 e. The number of benzene rings is 2. The topological polar surface area (TPSA) is 46.9 Å². The van der Waals surface area contributed by atoms with Gasteiger partial charge >= 0.3 is 6.18 Å². The third kappa shape index (κ3) is 4.62. The predicted molar refractivity (Wildman–Crippen MR) is 107 cm³/mol. The summed E-state index contributed by atoms with van der Waals surface area (Å²) in [6.07, 6.45) is -3.72. The van der Waals surface area contributed by atoms with Gasteiger partial charge in [-0.3, -0.25) is 4.79 Å². The monoisotopic (exact) mass is 421 g/mol. The number of halogens is 4. The van der Waals surface area contributed by atoms with Crippen molar-refractivity contribution in [2.24, 2.45) is 0 Å². The second-order valence-corrected chi connectivity index (χ2v) is 7.07. The van der Waals surface area contributed by atoms with Gasteiger partial charge in [0.1, 0.15) is 5.69 Å². The zero-order chi connectivity index (χ0) is 21.2. The minimum absolute atomic E-state index is 0.177. The normalized spacial score (nSPS) is 12.6. The molecule has 0 spiro atoms. The Morgan fingerprint density at radius 1 is 1.17 bits per heavy atom. The third-order valence-electron chi connectivity index (χ3n) is 4.66. The molecule has 3 aromatic rings. The molecular formula is C21H19ClF3N3O. The molecular weight excluding hydrogens is 403 g/mol. The first-order valence-corrected chi connectivity index (χ1v) is 9.42. The molecule has 0 aliphatic rings. The standard InChI is InChI=1S/C21H19ClF3N3O/c1-3-13(2)14-8-10-15(11-9-14)26-20(29)18-12-19(21(23,24)25)27-28(18)17-7-5-4-6-16(17)22/h4-13H,3H2,1-2H3,(H,26,29). The van der Waals surface area contributed by atoms with Crippen LogP contribution in [0.4, 0.5) is 18.9 Å². The van der Waals surface area contributed by atoms with Gasteiger partial charge in [-0.05, 0) is 42.2 Å². The maximum Gasteiger partial charge on any atom is 0.435 e. The highest BCUT2D eigenvalue weighted by Crippen LogP contribution is 2.31. The Labute approximate surface area is 171 Å². The van der Waals surface area contributed by atoms with Crippen LogP contribution in [0.25, 0.3) is 5.69 Å². The minimum Gasteiger partial charge on any atom is -0.321 e. The highest BCUT2D eigenvalue weighted by molar-refractivity contribution is 6.32. The van der Waals surface area contributed by atoms with Gasteiger partial charge in [0.15, 0.2) is 5.69 Å². The Kier molecular flexibility index (Phi) is 5.98. The Balaban J connectivity index is 1.95. The van der Waals surface area contributed by atoms with E-state index in [0.717, 1.165) is 16.7 Å². The lowest BCUT2D eigenvalue weighted by Crippen LogP contribution is -2.17. The summed E-state index contributed by atoms with van der Waals surface area (Å²) in [6.45, 7) is 4.17. The molecule has 0 aliphatic carbocycles. The van der Waals surface area contributed by atoms with Crippen LogP contribution in [0.5, 0.6) is 0 Å². The fourth-order valence-electron chi connectivity index (χ4n) is 2.81. The molecule has 0 bridgehead atoms. The van der Waals surface area contributed by atoms with Crippen molar-refractivity contribution < 1.29 is 18.0 Å². The van der Waals surface area contributed by atoms with E-state index < -0.39 is 17.8 Å². The number of carbonyl (C=O) groups is 1. The van der Waals surface area contributed by atoms with Crippen molar-refractivity contribution in [3.05, 3.63) is 76.6 Å². The van der Waals surface area contributed by atoms with Gasteiger partial charge in [-0.25, -0.2) is 4.68 Å². The summed E-state index contributed by atoms with van der Waals surface area (Å²) >= 11 is 6.11. The third-order valence-corrected chi connectivity index (χ3v) is 4.98. The molecule has 1 amide bonds. The van der Waals surface area contributed by atoms with E-state index in [1.165, 1.54) is 12.1 Å². The van der Waals surface area contributed by atoms with Crippen LogP contribution in [0, 0.1) is 0 Å². The van der Waals surface area contributed by atoms with Crippen molar-refractivity contribution >= 4 is 23.2 Å². The number of aromatic nitrogens is 2. The van der Waals surface area contributed by atoms with E-state index in [-0.39, 0.29) is 16.4 Å². The Morgan fingerprint density at radius 2 is 1.83 bits per heavy atom. The van der Waals surface area contributed by atoms with Crippen LogP contribution in [0.2, 0.25) is 5.02 Å². The van der Waals surface area contributed by atoms with Crippen molar-refractivity contribution in [3.8, 4) is 5.69 Å². The van der Waals surface area contributed by atoms with Crippen LogP contribution >= 0.6 is 11.6 Å². The molecule has 1 unspecified atom stereocenters. The van der Waals surface area contributed by atoms with Crippen molar-refractivity contribution in [1.29, 1.82) is 0 Å². The molecule has 0 fully saturated rings. The number of rotatable bonds is 5. The number of anilines is 1. The number of nitrogens with zero attached hydrogens (tertiary/aromatic N) is 2. The van der Waals surface area contributed by atoms with Crippen LogP contribution in [-0.2, 0) is 6.18 Å². The van der Waals surface area contributed by atoms with Crippen LogP contribution in [0.15, 0.2) is 54.6 Å². The molecule has 1 atom stereocenters. The fraction of sp³-hybridized carbons (Fsp3) is 0.238. The molecule has 0 aliphatic heterocycles. The molecule has 0 saturated carbocycles. The average molecular weight is 422 g/mol. The maximum absolute atomic E-state index is 13.2. The lowest BCUT2D eigenvalue weighted by atomic mass is 9.99. The molecule has 0 radical (unpaired) electrons. The number of amides is 1. The second kappa shape index (κ2) is 8.29. The van der Waals surface area contributed by atoms with Crippen LogP contribution in [0.3, 0.4) is 0 Å². The van der Waals surface area contributed by atoms with Gasteiger partial charge in [-0.1, -0.05) is 49.7 Å². The lowest BCUT2D eigenvalue weighted by molar-refractivity contribution is -0.141. The number of alkyl halides is 3. The van der Waals surface area contributed by atoms with E-state index in [9.17, 15) is 18.0 Å². The zero-order valence-electron chi connectivity index (χ0n) is 15.8. The lowest BCUT2D eigenvalue weighted by Gasteiger charge is -2.12. The largest absolute Gasteiger partial charge is 0.435 e. The molecule has 8 heteroatoms. The number of para-hydroxylation sites is 1. The van der Waals surface area contributed by atoms with Crippen LogP contribution in [0.1, 0.15) is 47.9 Å². The first-order valence-electron chi connectivity index (χ1n) is 9.04. The van der Waals surface area contributed by atoms with E-state index in [4.69, 9.17) is 11.6 Å². The SMILES string of the molecule is CCC(C)c1ccc(NC(=O)c2cc(C(F)(F)F)nn2-c2ccccc2Cl)cc1. The van der Waals surface area contributed by atoms with Gasteiger partial charge in [-0.15, -0.1) is 0 Å². The van der Waals surface area contributed by atoms with Crippen molar-refractivity contribution in [2.45, 2.75) is 32.4 Å². The molecule has 3 rings (SSSR count). The number of carbonyl (C=O) groups excluding carboxylic acids is 1. The van der Waals surface area contributed by atoms with E-state index >= 15 is 0 Å². The highest BCUT2D eigenvalue weighted by atomic mass is 35.5.